The number of rotatable bonds is 8. The van der Waals surface area contributed by atoms with E-state index >= 15 is 0 Å². The number of carbonyl (C=O) groups excluding carboxylic acids is 1. The number of carbonyl (C=O) groups is 1. The van der Waals surface area contributed by atoms with Crippen LogP contribution in [0.2, 0.25) is 0 Å². The molecule has 1 fully saturated rings. The zero-order chi connectivity index (χ0) is 26.6. The van der Waals surface area contributed by atoms with Crippen LogP contribution in [0, 0.1) is 16.0 Å². The van der Waals surface area contributed by atoms with Gasteiger partial charge in [0.05, 0.1) is 36.8 Å². The molecule has 9 nitrogen and oxygen atoms in total. The van der Waals surface area contributed by atoms with E-state index in [-0.39, 0.29) is 28.5 Å². The van der Waals surface area contributed by atoms with Gasteiger partial charge in [-0.2, -0.15) is 0 Å². The fourth-order valence-electron chi connectivity index (χ4n) is 5.59. The number of benzene rings is 3. The molecule has 5 rings (SSSR count). The van der Waals surface area contributed by atoms with Crippen LogP contribution in [-0.4, -0.2) is 57.3 Å². The fraction of sp³-hybridized carbons (Fsp3) is 0.345. The first-order valence-corrected chi connectivity index (χ1v) is 12.8. The highest BCUT2D eigenvalue weighted by Gasteiger charge is 2.42. The summed E-state index contributed by atoms with van der Waals surface area (Å²) in [5, 5.41) is 14.6. The Morgan fingerprint density at radius 1 is 1.03 bits per heavy atom. The third-order valence-electron chi connectivity index (χ3n) is 7.54. The van der Waals surface area contributed by atoms with Crippen molar-refractivity contribution in [2.24, 2.45) is 5.92 Å². The van der Waals surface area contributed by atoms with Crippen molar-refractivity contribution in [2.75, 3.05) is 50.2 Å². The quantitative estimate of drug-likeness (QED) is 0.359. The van der Waals surface area contributed by atoms with E-state index in [1.807, 2.05) is 54.6 Å². The second-order valence-electron chi connectivity index (χ2n) is 9.65. The van der Waals surface area contributed by atoms with Crippen molar-refractivity contribution in [3.63, 3.8) is 0 Å². The SMILES string of the molecule is COc1ccc(CCNC(=O)[C@H]2Cc3cc([N+](=O)[O-])ccc3N3CCN(c4ccccc4OC)C[C@H]23)cc1. The van der Waals surface area contributed by atoms with Gasteiger partial charge in [0.25, 0.3) is 5.69 Å². The first-order valence-electron chi connectivity index (χ1n) is 12.8. The van der Waals surface area contributed by atoms with Crippen molar-refractivity contribution < 1.29 is 19.2 Å². The van der Waals surface area contributed by atoms with Crippen LogP contribution in [0.5, 0.6) is 11.5 Å². The average molecular weight is 517 g/mol. The van der Waals surface area contributed by atoms with Gasteiger partial charge >= 0.3 is 0 Å². The van der Waals surface area contributed by atoms with Crippen LogP contribution in [-0.2, 0) is 17.6 Å². The molecule has 1 N–H and O–H groups in total. The minimum absolute atomic E-state index is 0.0347. The highest BCUT2D eigenvalue weighted by molar-refractivity contribution is 5.82. The molecule has 2 atom stereocenters. The smallest absolute Gasteiger partial charge is 0.269 e. The Labute approximate surface area is 222 Å². The predicted molar refractivity (Wildman–Crippen MR) is 146 cm³/mol. The molecule has 0 radical (unpaired) electrons. The molecule has 9 heteroatoms. The lowest BCUT2D eigenvalue weighted by Crippen LogP contribution is -2.61. The highest BCUT2D eigenvalue weighted by atomic mass is 16.6. The topological polar surface area (TPSA) is 97.2 Å². The van der Waals surface area contributed by atoms with Crippen LogP contribution in [0.25, 0.3) is 0 Å². The number of hydrogen-bond acceptors (Lipinski definition) is 7. The molecule has 1 saturated heterocycles. The molecular formula is C29H32N4O5. The molecular weight excluding hydrogens is 484 g/mol. The lowest BCUT2D eigenvalue weighted by Gasteiger charge is -2.49. The van der Waals surface area contributed by atoms with E-state index in [0.29, 0.717) is 32.5 Å². The number of amides is 1. The van der Waals surface area contributed by atoms with Gasteiger partial charge < -0.3 is 24.6 Å². The second-order valence-corrected chi connectivity index (χ2v) is 9.65. The molecule has 0 spiro atoms. The molecule has 0 saturated carbocycles. The van der Waals surface area contributed by atoms with Gasteiger partial charge in [-0.1, -0.05) is 24.3 Å². The van der Waals surface area contributed by atoms with Gasteiger partial charge in [-0.3, -0.25) is 14.9 Å². The summed E-state index contributed by atoms with van der Waals surface area (Å²) in [6.07, 6.45) is 1.15. The van der Waals surface area contributed by atoms with E-state index < -0.39 is 0 Å². The van der Waals surface area contributed by atoms with Gasteiger partial charge in [-0.25, -0.2) is 0 Å². The molecule has 38 heavy (non-hydrogen) atoms. The minimum Gasteiger partial charge on any atom is -0.497 e. The molecule has 2 aliphatic heterocycles. The van der Waals surface area contributed by atoms with E-state index in [4.69, 9.17) is 9.47 Å². The predicted octanol–water partition coefficient (Wildman–Crippen LogP) is 3.84. The number of para-hydroxylation sites is 2. The number of methoxy groups -OCH3 is 2. The molecule has 0 unspecified atom stereocenters. The molecule has 2 aliphatic rings. The minimum atomic E-state index is -0.379. The van der Waals surface area contributed by atoms with E-state index in [1.54, 1.807) is 26.4 Å². The molecule has 3 aromatic carbocycles. The van der Waals surface area contributed by atoms with Crippen molar-refractivity contribution in [1.82, 2.24) is 5.32 Å². The Bertz CT molecular complexity index is 1310. The normalized spacial score (nSPS) is 18.3. The molecule has 0 bridgehead atoms. The monoisotopic (exact) mass is 516 g/mol. The van der Waals surface area contributed by atoms with E-state index in [2.05, 4.69) is 15.1 Å². The number of hydrogen-bond donors (Lipinski definition) is 1. The van der Waals surface area contributed by atoms with Crippen LogP contribution >= 0.6 is 0 Å². The number of piperazine rings is 1. The Kier molecular flexibility index (Phi) is 7.35. The largest absolute Gasteiger partial charge is 0.497 e. The zero-order valence-electron chi connectivity index (χ0n) is 21.6. The summed E-state index contributed by atoms with van der Waals surface area (Å²) in [6.45, 7) is 2.60. The van der Waals surface area contributed by atoms with Gasteiger partial charge in [0.2, 0.25) is 5.91 Å². The van der Waals surface area contributed by atoms with Gasteiger partial charge in [0, 0.05) is 44.0 Å². The van der Waals surface area contributed by atoms with Gasteiger partial charge in [-0.15, -0.1) is 0 Å². The number of nitro benzene ring substituents is 1. The van der Waals surface area contributed by atoms with E-state index in [1.165, 1.54) is 0 Å². The van der Waals surface area contributed by atoms with E-state index in [9.17, 15) is 14.9 Å². The Morgan fingerprint density at radius 3 is 2.55 bits per heavy atom. The summed E-state index contributed by atoms with van der Waals surface area (Å²) >= 11 is 0. The maximum absolute atomic E-state index is 13.6. The average Bonchev–Trinajstić information content (AvgIpc) is 2.96. The summed E-state index contributed by atoms with van der Waals surface area (Å²) in [5.41, 5.74) is 3.98. The molecule has 0 aromatic heterocycles. The lowest BCUT2D eigenvalue weighted by atomic mass is 9.83. The summed E-state index contributed by atoms with van der Waals surface area (Å²) in [6, 6.07) is 20.7. The molecule has 3 aromatic rings. The van der Waals surface area contributed by atoms with Crippen molar-refractivity contribution in [3.8, 4) is 11.5 Å². The van der Waals surface area contributed by atoms with Crippen LogP contribution < -0.4 is 24.6 Å². The first kappa shape index (κ1) is 25.4. The second kappa shape index (κ2) is 11.0. The summed E-state index contributed by atoms with van der Waals surface area (Å²) in [5.74, 6) is 1.21. The summed E-state index contributed by atoms with van der Waals surface area (Å²) < 4.78 is 10.8. The lowest BCUT2D eigenvalue weighted by molar-refractivity contribution is -0.384. The maximum Gasteiger partial charge on any atom is 0.269 e. The Hall–Kier alpha value is -4.27. The molecule has 1 amide bonds. The third-order valence-corrected chi connectivity index (χ3v) is 7.54. The van der Waals surface area contributed by atoms with Crippen molar-refractivity contribution >= 4 is 23.0 Å². The third kappa shape index (κ3) is 5.09. The molecule has 198 valence electrons. The zero-order valence-corrected chi connectivity index (χ0v) is 21.6. The number of fused-ring (bicyclic) bond motifs is 3. The number of nitrogens with one attached hydrogen (secondary N) is 1. The number of nitro groups is 1. The fourth-order valence-corrected chi connectivity index (χ4v) is 5.59. The Morgan fingerprint density at radius 2 is 1.82 bits per heavy atom. The van der Waals surface area contributed by atoms with Gasteiger partial charge in [0.1, 0.15) is 11.5 Å². The number of anilines is 2. The maximum atomic E-state index is 13.6. The number of non-ortho nitro benzene ring substituents is 1. The molecule has 2 heterocycles. The van der Waals surface area contributed by atoms with Crippen LogP contribution in [0.15, 0.2) is 66.7 Å². The first-order chi connectivity index (χ1) is 18.5. The van der Waals surface area contributed by atoms with Crippen molar-refractivity contribution in [3.05, 3.63) is 88.0 Å². The Balaban J connectivity index is 1.37. The van der Waals surface area contributed by atoms with Crippen LogP contribution in [0.1, 0.15) is 11.1 Å². The summed E-state index contributed by atoms with van der Waals surface area (Å²) in [7, 11) is 3.30. The van der Waals surface area contributed by atoms with Crippen LogP contribution in [0.3, 0.4) is 0 Å². The summed E-state index contributed by atoms with van der Waals surface area (Å²) in [4.78, 5) is 29.2. The number of ether oxygens (including phenoxy) is 2. The standard InChI is InChI=1S/C29H32N4O5/c1-37-23-10-7-20(8-11-23)13-14-30-29(34)24-18-21-17-22(33(35)36)9-12-25(21)32-16-15-31(19-27(24)32)26-5-3-4-6-28(26)38-2/h3-12,17,24,27H,13-16,18-19H2,1-2H3,(H,30,34)/t24-,27+/m0/s1. The van der Waals surface area contributed by atoms with E-state index in [0.717, 1.165) is 40.5 Å². The van der Waals surface area contributed by atoms with Crippen molar-refractivity contribution in [1.29, 1.82) is 0 Å². The number of nitrogens with zero attached hydrogens (tertiary/aromatic N) is 3. The van der Waals surface area contributed by atoms with Crippen molar-refractivity contribution in [2.45, 2.75) is 18.9 Å². The van der Waals surface area contributed by atoms with Gasteiger partial charge in [0.15, 0.2) is 0 Å². The van der Waals surface area contributed by atoms with Crippen LogP contribution in [0.4, 0.5) is 17.1 Å². The molecule has 0 aliphatic carbocycles. The highest BCUT2D eigenvalue weighted by Crippen LogP contribution is 2.39. The van der Waals surface area contributed by atoms with Gasteiger partial charge in [-0.05, 0) is 54.3 Å².